The Hall–Kier alpha value is -4.02. The van der Waals surface area contributed by atoms with Crippen LogP contribution in [-0.4, -0.2) is 53.6 Å². The average Bonchev–Trinajstić information content (AvgIpc) is 2.81. The van der Waals surface area contributed by atoms with E-state index in [2.05, 4.69) is 4.98 Å². The number of Topliss-reactive ketones (excluding diaryl/α,β-unsaturated/α-hetero) is 2. The number of ketones is 2. The predicted octanol–water partition coefficient (Wildman–Crippen LogP) is 1.61. The normalized spacial score (nSPS) is 25.1. The largest absolute Gasteiger partial charge is 0.508 e. The lowest BCUT2D eigenvalue weighted by molar-refractivity contribution is -0.147. The zero-order valence-corrected chi connectivity index (χ0v) is 18.4. The molecule has 0 bridgehead atoms. The molecule has 0 spiro atoms. The van der Waals surface area contributed by atoms with E-state index in [0.29, 0.717) is 22.3 Å². The summed E-state index contributed by atoms with van der Waals surface area (Å²) in [4.78, 5) is 41.8. The average molecular weight is 495 g/mol. The van der Waals surface area contributed by atoms with Gasteiger partial charge in [-0.15, -0.1) is 0 Å². The number of benzene rings is 1. The summed E-state index contributed by atoms with van der Waals surface area (Å²) in [5.74, 6) is -6.69. The van der Waals surface area contributed by atoms with Crippen LogP contribution >= 0.6 is 0 Å². The number of hydrogen-bond acceptors (Lipinski definition) is 9. The first-order valence-electron chi connectivity index (χ1n) is 11.0. The van der Waals surface area contributed by atoms with E-state index in [1.54, 1.807) is 18.3 Å². The molecule has 7 N–H and O–H groups in total. The molecule has 1 heterocycles. The van der Waals surface area contributed by atoms with E-state index in [1.165, 1.54) is 12.3 Å². The first-order valence-corrected chi connectivity index (χ1v) is 11.0. The molecule has 0 aliphatic heterocycles. The van der Waals surface area contributed by atoms with Gasteiger partial charge < -0.3 is 31.3 Å². The van der Waals surface area contributed by atoms with Gasteiger partial charge in [0.25, 0.3) is 5.91 Å². The molecule has 10 nitrogen and oxygen atoms in total. The van der Waals surface area contributed by atoms with E-state index in [-0.39, 0.29) is 50.2 Å². The van der Waals surface area contributed by atoms with Crippen LogP contribution in [0.2, 0.25) is 0 Å². The summed E-state index contributed by atoms with van der Waals surface area (Å²) < 4.78 is 0. The summed E-state index contributed by atoms with van der Waals surface area (Å²) in [6.45, 7) is -0.230. The number of nitrogens with zero attached hydrogens (tertiary/aromatic N) is 1. The second kappa shape index (κ2) is 8.58. The van der Waals surface area contributed by atoms with Gasteiger partial charge in [-0.1, -0.05) is 13.5 Å². The first kappa shape index (κ1) is 25.1. The lowest BCUT2D eigenvalue weighted by atomic mass is 9.59. The molecular weight excluding hydrogens is 468 g/mol. The van der Waals surface area contributed by atoms with Crippen molar-refractivity contribution in [2.75, 3.05) is 0 Å². The molecule has 3 atom stereocenters. The van der Waals surface area contributed by atoms with E-state index in [1.807, 2.05) is 0 Å². The standard InChI is InChI=1S/C25H22N2O8.CH4/c26-24(34)20-17(30)6-13-4-11-5-15-14(12-3-10(9-28)7-27-8-12)1-2-16(29)19(15)21(31)18(11)22(32)25(13,35)23(20)33;/h1-3,7-8,11,13,28-29,31,33,35H,4-6,9H2,(H2,26,34);1H4/t11-,13+,25+;/m1./s1. The second-order valence-corrected chi connectivity index (χ2v) is 9.13. The van der Waals surface area contributed by atoms with Gasteiger partial charge in [-0.2, -0.15) is 0 Å². The van der Waals surface area contributed by atoms with Gasteiger partial charge >= 0.3 is 0 Å². The molecule has 0 unspecified atom stereocenters. The smallest absolute Gasteiger partial charge is 0.255 e. The SMILES string of the molecule is C.NC(=O)C1=C(O)[C@@]2(O)C(=O)C3=C(O)c4c(O)ccc(-c5cncc(CO)c5)c4C[C@H]3C[C@H]2CC1=O. The van der Waals surface area contributed by atoms with Crippen LogP contribution in [0, 0.1) is 11.8 Å². The van der Waals surface area contributed by atoms with Crippen molar-refractivity contribution in [3.63, 3.8) is 0 Å². The summed E-state index contributed by atoms with van der Waals surface area (Å²) in [6, 6.07) is 4.71. The van der Waals surface area contributed by atoms with E-state index in [9.17, 15) is 39.9 Å². The fourth-order valence-corrected chi connectivity index (χ4v) is 5.61. The number of phenols is 1. The molecule has 2 aromatic rings. The monoisotopic (exact) mass is 494 g/mol. The van der Waals surface area contributed by atoms with Crippen LogP contribution in [0.3, 0.4) is 0 Å². The molecule has 0 saturated heterocycles. The zero-order chi connectivity index (χ0) is 25.2. The summed E-state index contributed by atoms with van der Waals surface area (Å²) in [5, 5.41) is 53.1. The van der Waals surface area contributed by atoms with Crippen molar-refractivity contribution >= 4 is 23.2 Å². The van der Waals surface area contributed by atoms with Crippen molar-refractivity contribution < 1.29 is 39.9 Å². The Morgan fingerprint density at radius 3 is 2.53 bits per heavy atom. The molecule has 36 heavy (non-hydrogen) atoms. The number of aromatic nitrogens is 1. The maximum Gasteiger partial charge on any atom is 0.255 e. The van der Waals surface area contributed by atoms with E-state index in [4.69, 9.17) is 5.73 Å². The van der Waals surface area contributed by atoms with Crippen molar-refractivity contribution in [2.24, 2.45) is 17.6 Å². The maximum atomic E-state index is 13.5. The van der Waals surface area contributed by atoms with Crippen LogP contribution in [0.4, 0.5) is 0 Å². The van der Waals surface area contributed by atoms with Crippen LogP contribution in [0.15, 0.2) is 47.5 Å². The minimum absolute atomic E-state index is 0. The third-order valence-electron chi connectivity index (χ3n) is 7.24. The number of carbonyl (C=O) groups is 3. The highest BCUT2D eigenvalue weighted by Crippen LogP contribution is 2.53. The molecule has 1 aromatic carbocycles. The summed E-state index contributed by atoms with van der Waals surface area (Å²) >= 11 is 0. The van der Waals surface area contributed by atoms with Crippen molar-refractivity contribution in [1.29, 1.82) is 0 Å². The lowest BCUT2D eigenvalue weighted by Gasteiger charge is -2.46. The van der Waals surface area contributed by atoms with Gasteiger partial charge in [0, 0.05) is 35.9 Å². The van der Waals surface area contributed by atoms with Gasteiger partial charge in [-0.3, -0.25) is 19.4 Å². The highest BCUT2D eigenvalue weighted by atomic mass is 16.3. The molecule has 1 aromatic heterocycles. The summed E-state index contributed by atoms with van der Waals surface area (Å²) in [5.41, 5.74) is 3.92. The van der Waals surface area contributed by atoms with E-state index >= 15 is 0 Å². The fourth-order valence-electron chi connectivity index (χ4n) is 5.61. The first-order chi connectivity index (χ1) is 16.6. The number of hydrogen-bond donors (Lipinski definition) is 6. The van der Waals surface area contributed by atoms with Gasteiger partial charge in [0.2, 0.25) is 5.78 Å². The predicted molar refractivity (Wildman–Crippen MR) is 127 cm³/mol. The number of phenolic OH excluding ortho intramolecular Hbond substituents is 1. The molecular formula is C26H26N2O8. The lowest BCUT2D eigenvalue weighted by Crippen LogP contribution is -2.58. The van der Waals surface area contributed by atoms with Crippen LogP contribution < -0.4 is 5.73 Å². The van der Waals surface area contributed by atoms with Gasteiger partial charge in [0.1, 0.15) is 22.8 Å². The molecule has 5 rings (SSSR count). The number of pyridine rings is 1. The van der Waals surface area contributed by atoms with Gasteiger partial charge in [-0.05, 0) is 47.6 Å². The van der Waals surface area contributed by atoms with Gasteiger partial charge in [0.15, 0.2) is 11.4 Å². The summed E-state index contributed by atoms with van der Waals surface area (Å²) in [7, 11) is 0. The maximum absolute atomic E-state index is 13.5. The Balaban J connectivity index is 0.00000304. The molecule has 188 valence electrons. The Morgan fingerprint density at radius 1 is 1.14 bits per heavy atom. The Labute approximate surface area is 206 Å². The minimum Gasteiger partial charge on any atom is -0.508 e. The Kier molecular flexibility index (Phi) is 5.98. The van der Waals surface area contributed by atoms with Crippen molar-refractivity contribution in [3.05, 3.63) is 64.2 Å². The topological polar surface area (TPSA) is 191 Å². The van der Waals surface area contributed by atoms with E-state index < -0.39 is 52.0 Å². The molecule has 1 fully saturated rings. The number of rotatable bonds is 3. The molecule has 3 aliphatic carbocycles. The Bertz CT molecular complexity index is 1390. The van der Waals surface area contributed by atoms with E-state index in [0.717, 1.165) is 0 Å². The fraction of sp³-hybridized carbons (Fsp3) is 0.308. The molecule has 0 radical (unpaired) electrons. The zero-order valence-electron chi connectivity index (χ0n) is 18.4. The minimum atomic E-state index is -2.60. The van der Waals surface area contributed by atoms with Crippen molar-refractivity contribution in [3.8, 4) is 16.9 Å². The quantitative estimate of drug-likeness (QED) is 0.344. The number of aliphatic hydroxyl groups is 4. The number of aliphatic hydroxyl groups excluding tert-OH is 3. The van der Waals surface area contributed by atoms with Crippen LogP contribution in [0.5, 0.6) is 5.75 Å². The number of carbonyl (C=O) groups excluding carboxylic acids is 3. The Morgan fingerprint density at radius 2 is 1.86 bits per heavy atom. The van der Waals surface area contributed by atoms with Crippen LogP contribution in [-0.2, 0) is 27.4 Å². The third kappa shape index (κ3) is 3.33. The number of fused-ring (bicyclic) bond motifs is 3. The summed E-state index contributed by atoms with van der Waals surface area (Å²) in [6.07, 6.45) is 2.93. The second-order valence-electron chi connectivity index (χ2n) is 9.13. The van der Waals surface area contributed by atoms with Crippen LogP contribution in [0.25, 0.3) is 16.9 Å². The van der Waals surface area contributed by atoms with Gasteiger partial charge in [-0.25, -0.2) is 0 Å². The highest BCUT2D eigenvalue weighted by molar-refractivity contribution is 6.22. The van der Waals surface area contributed by atoms with Crippen molar-refractivity contribution in [2.45, 2.75) is 38.9 Å². The number of aromatic hydroxyl groups is 1. The molecule has 10 heteroatoms. The number of nitrogens with two attached hydrogens (primary N) is 1. The highest BCUT2D eigenvalue weighted by Gasteiger charge is 2.60. The molecule has 3 aliphatic rings. The van der Waals surface area contributed by atoms with Crippen molar-refractivity contribution in [1.82, 2.24) is 4.98 Å². The number of amides is 1. The van der Waals surface area contributed by atoms with Gasteiger partial charge in [0.05, 0.1) is 12.2 Å². The van der Waals surface area contributed by atoms with Crippen LogP contribution in [0.1, 0.15) is 37.0 Å². The third-order valence-corrected chi connectivity index (χ3v) is 7.24. The molecule has 1 saturated carbocycles. The number of primary amides is 1. The molecule has 1 amide bonds.